The van der Waals surface area contributed by atoms with E-state index < -0.39 is 17.9 Å². The first-order valence-electron chi connectivity index (χ1n) is 6.14. The predicted octanol–water partition coefficient (Wildman–Crippen LogP) is 2.38. The molecule has 0 saturated carbocycles. The number of anilines is 1. The largest absolute Gasteiger partial charge is 0.478 e. The Morgan fingerprint density at radius 2 is 1.95 bits per heavy atom. The van der Waals surface area contributed by atoms with E-state index in [-0.39, 0.29) is 21.3 Å². The molecule has 0 bridgehead atoms. The highest BCUT2D eigenvalue weighted by Gasteiger charge is 2.18. The maximum Gasteiger partial charge on any atom is 0.335 e. The molecule has 21 heavy (non-hydrogen) atoms. The van der Waals surface area contributed by atoms with Crippen molar-refractivity contribution in [2.75, 3.05) is 19.0 Å². The van der Waals surface area contributed by atoms with E-state index in [4.69, 9.17) is 38.8 Å². The van der Waals surface area contributed by atoms with Crippen LogP contribution in [0.15, 0.2) is 12.1 Å². The zero-order chi connectivity index (χ0) is 16.0. The van der Waals surface area contributed by atoms with Gasteiger partial charge in [0.25, 0.3) is 0 Å². The van der Waals surface area contributed by atoms with Crippen LogP contribution in [0.3, 0.4) is 0 Å². The molecule has 0 fully saturated rings. The fourth-order valence-corrected chi connectivity index (χ4v) is 2.19. The van der Waals surface area contributed by atoms with Crippen LogP contribution in [-0.4, -0.2) is 36.7 Å². The standard InChI is InChI=1S/C13H16Cl2N2O4/c1-21-4-2-3-10(16)12(18)17-11-8(14)5-7(13(19)20)6-9(11)15/h5-6,10H,2-4,16H2,1H3,(H,17,18)(H,19,20). The van der Waals surface area contributed by atoms with Crippen LogP contribution in [0.1, 0.15) is 23.2 Å². The van der Waals surface area contributed by atoms with Crippen LogP contribution in [0.4, 0.5) is 5.69 Å². The lowest BCUT2D eigenvalue weighted by molar-refractivity contribution is -0.117. The normalized spacial score (nSPS) is 12.0. The van der Waals surface area contributed by atoms with Gasteiger partial charge < -0.3 is 20.9 Å². The molecular formula is C13H16Cl2N2O4. The smallest absolute Gasteiger partial charge is 0.335 e. The lowest BCUT2D eigenvalue weighted by atomic mass is 10.1. The molecule has 0 aliphatic rings. The van der Waals surface area contributed by atoms with Crippen LogP contribution in [0.25, 0.3) is 0 Å². The molecule has 1 amide bonds. The van der Waals surface area contributed by atoms with Gasteiger partial charge >= 0.3 is 5.97 Å². The third-order valence-electron chi connectivity index (χ3n) is 2.74. The summed E-state index contributed by atoms with van der Waals surface area (Å²) in [6, 6.07) is 1.69. The Morgan fingerprint density at radius 3 is 2.43 bits per heavy atom. The van der Waals surface area contributed by atoms with Crippen molar-refractivity contribution >= 4 is 40.8 Å². The second-order valence-corrected chi connectivity index (χ2v) is 5.17. The Morgan fingerprint density at radius 1 is 1.38 bits per heavy atom. The Kier molecular flexibility index (Phi) is 6.91. The number of aromatic carboxylic acids is 1. The summed E-state index contributed by atoms with van der Waals surface area (Å²) in [5, 5.41) is 11.5. The van der Waals surface area contributed by atoms with Gasteiger partial charge in [-0.25, -0.2) is 4.79 Å². The van der Waals surface area contributed by atoms with Crippen LogP contribution in [0.2, 0.25) is 10.0 Å². The lowest BCUT2D eigenvalue weighted by Crippen LogP contribution is -2.35. The lowest BCUT2D eigenvalue weighted by Gasteiger charge is -2.14. The van der Waals surface area contributed by atoms with E-state index in [0.717, 1.165) is 0 Å². The van der Waals surface area contributed by atoms with Gasteiger partial charge in [0.2, 0.25) is 5.91 Å². The molecule has 1 aromatic rings. The van der Waals surface area contributed by atoms with Gasteiger partial charge in [0, 0.05) is 13.7 Å². The van der Waals surface area contributed by atoms with Crippen molar-refractivity contribution in [3.05, 3.63) is 27.7 Å². The number of halogens is 2. The molecule has 6 nitrogen and oxygen atoms in total. The SMILES string of the molecule is COCCCC(N)C(=O)Nc1c(Cl)cc(C(=O)O)cc1Cl. The van der Waals surface area contributed by atoms with Crippen LogP contribution in [0.5, 0.6) is 0 Å². The van der Waals surface area contributed by atoms with Gasteiger partial charge in [-0.05, 0) is 25.0 Å². The summed E-state index contributed by atoms with van der Waals surface area (Å²) in [7, 11) is 1.56. The Bertz CT molecular complexity index is 514. The number of carboxylic acid groups (broad SMARTS) is 1. The summed E-state index contributed by atoms with van der Waals surface area (Å²) in [4.78, 5) is 22.8. The number of carboxylic acids is 1. The molecular weight excluding hydrogens is 319 g/mol. The van der Waals surface area contributed by atoms with Crippen LogP contribution >= 0.6 is 23.2 Å². The summed E-state index contributed by atoms with van der Waals surface area (Å²) >= 11 is 11.9. The maximum atomic E-state index is 11.9. The monoisotopic (exact) mass is 334 g/mol. The van der Waals surface area contributed by atoms with E-state index in [1.165, 1.54) is 12.1 Å². The van der Waals surface area contributed by atoms with E-state index >= 15 is 0 Å². The molecule has 0 aromatic heterocycles. The Balaban J connectivity index is 2.78. The number of benzene rings is 1. The second kappa shape index (κ2) is 8.19. The predicted molar refractivity (Wildman–Crippen MR) is 81.1 cm³/mol. The molecule has 116 valence electrons. The summed E-state index contributed by atoms with van der Waals surface area (Å²) < 4.78 is 4.88. The quantitative estimate of drug-likeness (QED) is 0.664. The number of ether oxygens (including phenoxy) is 1. The molecule has 0 saturated heterocycles. The summed E-state index contributed by atoms with van der Waals surface area (Å²) in [5.41, 5.74) is 5.82. The summed E-state index contributed by atoms with van der Waals surface area (Å²) in [6.45, 7) is 0.510. The van der Waals surface area contributed by atoms with Crippen molar-refractivity contribution in [1.29, 1.82) is 0 Å². The van der Waals surface area contributed by atoms with E-state index in [9.17, 15) is 9.59 Å². The minimum atomic E-state index is -1.16. The van der Waals surface area contributed by atoms with E-state index in [2.05, 4.69) is 5.32 Å². The Labute approximate surface area is 132 Å². The molecule has 0 spiro atoms. The molecule has 0 aliphatic heterocycles. The van der Waals surface area contributed by atoms with Crippen molar-refractivity contribution in [3.63, 3.8) is 0 Å². The van der Waals surface area contributed by atoms with Crippen LogP contribution in [-0.2, 0) is 9.53 Å². The molecule has 4 N–H and O–H groups in total. The molecule has 0 radical (unpaired) electrons. The van der Waals surface area contributed by atoms with Crippen molar-refractivity contribution in [1.82, 2.24) is 0 Å². The molecule has 1 unspecified atom stereocenters. The first-order valence-corrected chi connectivity index (χ1v) is 6.90. The van der Waals surface area contributed by atoms with Crippen molar-refractivity contribution < 1.29 is 19.4 Å². The van der Waals surface area contributed by atoms with Gasteiger partial charge in [-0.15, -0.1) is 0 Å². The highest BCUT2D eigenvalue weighted by Crippen LogP contribution is 2.32. The Hall–Kier alpha value is -1.34. The van der Waals surface area contributed by atoms with Gasteiger partial charge in [-0.1, -0.05) is 23.2 Å². The van der Waals surface area contributed by atoms with Gasteiger partial charge in [0.15, 0.2) is 0 Å². The van der Waals surface area contributed by atoms with Crippen LogP contribution in [0, 0.1) is 0 Å². The third-order valence-corrected chi connectivity index (χ3v) is 3.33. The van der Waals surface area contributed by atoms with Gasteiger partial charge in [-0.3, -0.25) is 4.79 Å². The number of nitrogens with two attached hydrogens (primary N) is 1. The fraction of sp³-hybridized carbons (Fsp3) is 0.385. The number of carbonyl (C=O) groups excluding carboxylic acids is 1. The highest BCUT2D eigenvalue weighted by molar-refractivity contribution is 6.40. The van der Waals surface area contributed by atoms with Crippen molar-refractivity contribution in [3.8, 4) is 0 Å². The van der Waals surface area contributed by atoms with Gasteiger partial charge in [-0.2, -0.15) is 0 Å². The molecule has 1 atom stereocenters. The summed E-state index contributed by atoms with van der Waals surface area (Å²) in [6.07, 6.45) is 1.09. The minimum Gasteiger partial charge on any atom is -0.478 e. The van der Waals surface area contributed by atoms with E-state index in [1.54, 1.807) is 7.11 Å². The molecule has 0 heterocycles. The first kappa shape index (κ1) is 17.7. The number of hydrogen-bond acceptors (Lipinski definition) is 4. The second-order valence-electron chi connectivity index (χ2n) is 4.35. The maximum absolute atomic E-state index is 11.9. The number of amides is 1. The number of carbonyl (C=O) groups is 2. The number of methoxy groups -OCH3 is 1. The van der Waals surface area contributed by atoms with Gasteiger partial charge in [0.1, 0.15) is 0 Å². The fourth-order valence-electron chi connectivity index (χ4n) is 1.61. The molecule has 1 rings (SSSR count). The zero-order valence-electron chi connectivity index (χ0n) is 11.4. The zero-order valence-corrected chi connectivity index (χ0v) is 12.9. The minimum absolute atomic E-state index is 0.0392. The van der Waals surface area contributed by atoms with E-state index in [1.807, 2.05) is 0 Å². The number of rotatable bonds is 7. The average molecular weight is 335 g/mol. The summed E-state index contributed by atoms with van der Waals surface area (Å²) in [5.74, 6) is -1.61. The van der Waals surface area contributed by atoms with E-state index in [0.29, 0.717) is 19.4 Å². The topological polar surface area (TPSA) is 102 Å². The van der Waals surface area contributed by atoms with Crippen LogP contribution < -0.4 is 11.1 Å². The van der Waals surface area contributed by atoms with Crippen molar-refractivity contribution in [2.45, 2.75) is 18.9 Å². The van der Waals surface area contributed by atoms with Crippen molar-refractivity contribution in [2.24, 2.45) is 5.73 Å². The average Bonchev–Trinajstić information content (AvgIpc) is 2.42. The first-order chi connectivity index (χ1) is 9.86. The third kappa shape index (κ3) is 5.17. The molecule has 0 aliphatic carbocycles. The molecule has 8 heteroatoms. The highest BCUT2D eigenvalue weighted by atomic mass is 35.5. The number of nitrogens with one attached hydrogen (secondary N) is 1. The molecule has 1 aromatic carbocycles. The van der Waals surface area contributed by atoms with Gasteiger partial charge in [0.05, 0.1) is 27.3 Å². The number of hydrogen-bond donors (Lipinski definition) is 3.